The molecule has 2 heterocycles. The highest BCUT2D eigenvalue weighted by molar-refractivity contribution is 7.48. The molecular weight excluding hydrogens is 233 g/mol. The van der Waals surface area contributed by atoms with Crippen LogP contribution in [-0.2, 0) is 18.4 Å². The maximum absolute atomic E-state index is 12.3. The molecule has 2 aliphatic rings. The van der Waals surface area contributed by atoms with E-state index >= 15 is 0 Å². The van der Waals surface area contributed by atoms with E-state index in [-0.39, 0.29) is 0 Å². The van der Waals surface area contributed by atoms with E-state index in [4.69, 9.17) is 13.9 Å². The smallest absolute Gasteiger partial charge is 0.223 e. The SMILES string of the molecule is CCN(CC)OP(=O)(ON1CC1)ON1CC1. The predicted octanol–water partition coefficient (Wildman–Crippen LogP) is 0.862. The molecule has 0 radical (unpaired) electrons. The van der Waals surface area contributed by atoms with Crippen LogP contribution in [0.3, 0.4) is 0 Å². The number of phosphoric acid groups is 1. The van der Waals surface area contributed by atoms with Crippen molar-refractivity contribution in [2.75, 3.05) is 39.3 Å². The molecule has 2 rings (SSSR count). The summed E-state index contributed by atoms with van der Waals surface area (Å²) in [5.41, 5.74) is 0. The van der Waals surface area contributed by atoms with Gasteiger partial charge in [0.1, 0.15) is 0 Å². The third kappa shape index (κ3) is 3.78. The average molecular weight is 251 g/mol. The Hall–Kier alpha value is -0.0100. The molecule has 0 atom stereocenters. The lowest BCUT2D eigenvalue weighted by Gasteiger charge is -2.23. The summed E-state index contributed by atoms with van der Waals surface area (Å²) in [7, 11) is -3.52. The van der Waals surface area contributed by atoms with Crippen LogP contribution in [0, 0.1) is 0 Å². The molecule has 0 aliphatic carbocycles. The van der Waals surface area contributed by atoms with Crippen LogP contribution in [-0.4, -0.2) is 54.5 Å². The van der Waals surface area contributed by atoms with Crippen LogP contribution in [0.1, 0.15) is 13.8 Å². The highest BCUT2D eigenvalue weighted by atomic mass is 31.2. The van der Waals surface area contributed by atoms with Crippen molar-refractivity contribution in [2.45, 2.75) is 13.8 Å². The van der Waals surface area contributed by atoms with E-state index in [0.717, 1.165) is 26.2 Å². The lowest BCUT2D eigenvalue weighted by Crippen LogP contribution is -2.24. The molecule has 8 heteroatoms. The molecule has 0 N–H and O–H groups in total. The summed E-state index contributed by atoms with van der Waals surface area (Å²) in [4.78, 5) is 0. The molecule has 0 aromatic heterocycles. The summed E-state index contributed by atoms with van der Waals surface area (Å²) in [6.07, 6.45) is 0. The second-order valence-corrected chi connectivity index (χ2v) is 5.05. The molecule has 2 saturated heterocycles. The second-order valence-electron chi connectivity index (χ2n) is 3.66. The average Bonchev–Trinajstić information content (AvgIpc) is 3.12. The van der Waals surface area contributed by atoms with E-state index < -0.39 is 7.82 Å². The Bertz CT molecular complexity index is 260. The zero-order valence-electron chi connectivity index (χ0n) is 9.66. The number of hydrogen-bond donors (Lipinski definition) is 0. The van der Waals surface area contributed by atoms with Crippen molar-refractivity contribution in [1.29, 1.82) is 0 Å². The third-order valence-corrected chi connectivity index (χ3v) is 3.46. The minimum atomic E-state index is -3.52. The summed E-state index contributed by atoms with van der Waals surface area (Å²) in [5.74, 6) is 0. The molecule has 94 valence electrons. The van der Waals surface area contributed by atoms with Crippen molar-refractivity contribution in [2.24, 2.45) is 0 Å². The minimum absolute atomic E-state index is 0.632. The van der Waals surface area contributed by atoms with Gasteiger partial charge in [0, 0.05) is 39.3 Å². The van der Waals surface area contributed by atoms with E-state index in [1.165, 1.54) is 0 Å². The Balaban J connectivity index is 1.90. The largest absolute Gasteiger partial charge is 0.525 e. The molecule has 0 saturated carbocycles. The summed E-state index contributed by atoms with van der Waals surface area (Å²) < 4.78 is 27.9. The van der Waals surface area contributed by atoms with Crippen molar-refractivity contribution in [3.8, 4) is 0 Å². The standard InChI is InChI=1S/C8H18N3O4P/c1-3-9(4-2)13-16(12,14-10-5-6-10)15-11-7-8-11/h3-8H2,1-2H3. The van der Waals surface area contributed by atoms with Gasteiger partial charge in [0.05, 0.1) is 0 Å². The van der Waals surface area contributed by atoms with E-state index in [1.807, 2.05) is 13.8 Å². The van der Waals surface area contributed by atoms with Crippen molar-refractivity contribution in [1.82, 2.24) is 15.2 Å². The van der Waals surface area contributed by atoms with E-state index in [9.17, 15) is 4.57 Å². The van der Waals surface area contributed by atoms with E-state index in [2.05, 4.69) is 0 Å². The van der Waals surface area contributed by atoms with Crippen molar-refractivity contribution < 1.29 is 18.4 Å². The van der Waals surface area contributed by atoms with Crippen LogP contribution < -0.4 is 0 Å². The molecule has 0 unspecified atom stereocenters. The van der Waals surface area contributed by atoms with Crippen molar-refractivity contribution >= 4 is 7.82 Å². The zero-order valence-corrected chi connectivity index (χ0v) is 10.6. The molecule has 0 amide bonds. The van der Waals surface area contributed by atoms with Gasteiger partial charge in [-0.05, 0) is 0 Å². The quantitative estimate of drug-likeness (QED) is 0.360. The lowest BCUT2D eigenvalue weighted by atomic mass is 10.6. The van der Waals surface area contributed by atoms with Gasteiger partial charge in [-0.1, -0.05) is 13.8 Å². The maximum Gasteiger partial charge on any atom is 0.525 e. The summed E-state index contributed by atoms with van der Waals surface area (Å²) in [6, 6.07) is 0. The van der Waals surface area contributed by atoms with Gasteiger partial charge in [-0.25, -0.2) is 4.57 Å². The van der Waals surface area contributed by atoms with Crippen LogP contribution in [0.4, 0.5) is 0 Å². The fourth-order valence-electron chi connectivity index (χ4n) is 1.05. The fourth-order valence-corrected chi connectivity index (χ4v) is 2.55. The van der Waals surface area contributed by atoms with Crippen molar-refractivity contribution in [3.63, 3.8) is 0 Å². The van der Waals surface area contributed by atoms with Gasteiger partial charge in [0.2, 0.25) is 0 Å². The molecule has 0 aromatic carbocycles. The van der Waals surface area contributed by atoms with Gasteiger partial charge in [0.15, 0.2) is 0 Å². The molecule has 0 aromatic rings. The Kier molecular flexibility index (Phi) is 3.97. The normalized spacial score (nSPS) is 21.7. The molecule has 2 fully saturated rings. The number of rotatable bonds is 8. The molecule has 2 aliphatic heterocycles. The first-order valence-corrected chi connectivity index (χ1v) is 7.05. The van der Waals surface area contributed by atoms with E-state index in [1.54, 1.807) is 15.2 Å². The molecule has 0 spiro atoms. The maximum atomic E-state index is 12.3. The Morgan fingerprint density at radius 1 is 1.06 bits per heavy atom. The van der Waals surface area contributed by atoms with E-state index in [0.29, 0.717) is 13.1 Å². The van der Waals surface area contributed by atoms with Gasteiger partial charge in [-0.3, -0.25) is 0 Å². The summed E-state index contributed by atoms with van der Waals surface area (Å²) in [6.45, 7) is 8.19. The highest BCUT2D eigenvalue weighted by Gasteiger charge is 2.41. The fraction of sp³-hybridized carbons (Fsp3) is 1.00. The molecule has 7 nitrogen and oxygen atoms in total. The summed E-state index contributed by atoms with van der Waals surface area (Å²) in [5, 5.41) is 4.69. The first-order chi connectivity index (χ1) is 7.65. The predicted molar refractivity (Wildman–Crippen MR) is 56.9 cm³/mol. The van der Waals surface area contributed by atoms with Crippen LogP contribution in [0.2, 0.25) is 0 Å². The third-order valence-electron chi connectivity index (χ3n) is 2.16. The van der Waals surface area contributed by atoms with Crippen LogP contribution in [0.15, 0.2) is 0 Å². The highest BCUT2D eigenvalue weighted by Crippen LogP contribution is 2.53. The topological polar surface area (TPSA) is 54.0 Å². The van der Waals surface area contributed by atoms with Crippen LogP contribution in [0.5, 0.6) is 0 Å². The Labute approximate surface area is 95.3 Å². The first kappa shape index (κ1) is 12.4. The number of hydrogen-bond acceptors (Lipinski definition) is 7. The van der Waals surface area contributed by atoms with Gasteiger partial charge < -0.3 is 0 Å². The second kappa shape index (κ2) is 5.10. The lowest BCUT2D eigenvalue weighted by molar-refractivity contribution is -0.133. The van der Waals surface area contributed by atoms with Gasteiger partial charge >= 0.3 is 7.82 Å². The van der Waals surface area contributed by atoms with Crippen molar-refractivity contribution in [3.05, 3.63) is 0 Å². The Morgan fingerprint density at radius 3 is 1.81 bits per heavy atom. The number of nitrogens with zero attached hydrogens (tertiary/aromatic N) is 3. The minimum Gasteiger partial charge on any atom is -0.223 e. The van der Waals surface area contributed by atoms with Crippen LogP contribution >= 0.6 is 7.82 Å². The molecule has 0 bridgehead atoms. The summed E-state index contributed by atoms with van der Waals surface area (Å²) >= 11 is 0. The first-order valence-electron chi connectivity index (χ1n) is 5.59. The molecular formula is C8H18N3O4P. The van der Waals surface area contributed by atoms with Gasteiger partial charge in [-0.2, -0.15) is 29.1 Å². The monoisotopic (exact) mass is 251 g/mol. The number of hydroxylamine groups is 6. The Morgan fingerprint density at radius 2 is 1.50 bits per heavy atom. The zero-order chi connectivity index (χ0) is 11.6. The van der Waals surface area contributed by atoms with Gasteiger partial charge in [0.25, 0.3) is 0 Å². The van der Waals surface area contributed by atoms with Gasteiger partial charge in [-0.15, -0.1) is 0 Å². The molecule has 16 heavy (non-hydrogen) atoms. The van der Waals surface area contributed by atoms with Crippen LogP contribution in [0.25, 0.3) is 0 Å².